The summed E-state index contributed by atoms with van der Waals surface area (Å²) in [5.74, 6) is -0.00292. The molecule has 0 heterocycles. The first-order valence-corrected chi connectivity index (χ1v) is 5.97. The van der Waals surface area contributed by atoms with Gasteiger partial charge in [0.1, 0.15) is 0 Å². The minimum absolute atomic E-state index is 0.00292. The van der Waals surface area contributed by atoms with Gasteiger partial charge in [0.25, 0.3) is 5.91 Å². The normalized spacial score (nSPS) is 14.7. The predicted octanol–water partition coefficient (Wildman–Crippen LogP) is 0.742. The molecule has 0 aromatic heterocycles. The molecule has 0 radical (unpaired) electrons. The van der Waals surface area contributed by atoms with Gasteiger partial charge in [0.05, 0.1) is 6.61 Å². The topological polar surface area (TPSA) is 66.6 Å². The number of nitrogens with two attached hydrogens (primary N) is 1. The van der Waals surface area contributed by atoms with Crippen LogP contribution in [-0.2, 0) is 6.54 Å². The Hall–Kier alpha value is -1.39. The molecule has 2 rings (SSSR count). The van der Waals surface area contributed by atoms with E-state index in [1.165, 1.54) is 0 Å². The molecule has 0 spiro atoms. The first-order chi connectivity index (χ1) is 8.26. The highest BCUT2D eigenvalue weighted by Gasteiger charge is 2.32. The highest BCUT2D eigenvalue weighted by molar-refractivity contribution is 5.94. The van der Waals surface area contributed by atoms with Crippen LogP contribution >= 0.6 is 0 Å². The lowest BCUT2D eigenvalue weighted by molar-refractivity contribution is 0.0707. The minimum Gasteiger partial charge on any atom is -0.395 e. The van der Waals surface area contributed by atoms with Crippen molar-refractivity contribution in [1.29, 1.82) is 0 Å². The summed E-state index contributed by atoms with van der Waals surface area (Å²) in [5.41, 5.74) is 7.18. The number of hydrogen-bond acceptors (Lipinski definition) is 3. The van der Waals surface area contributed by atoms with Gasteiger partial charge in [-0.2, -0.15) is 0 Å². The molecule has 92 valence electrons. The predicted molar refractivity (Wildman–Crippen MR) is 65.5 cm³/mol. The van der Waals surface area contributed by atoms with E-state index in [0.29, 0.717) is 24.7 Å². The fourth-order valence-corrected chi connectivity index (χ4v) is 1.94. The Morgan fingerprint density at radius 1 is 1.47 bits per heavy atom. The van der Waals surface area contributed by atoms with Crippen molar-refractivity contribution >= 4 is 5.91 Å². The molecule has 0 atom stereocenters. The average molecular weight is 234 g/mol. The average Bonchev–Trinajstić information content (AvgIpc) is 3.19. The number of nitrogens with zero attached hydrogens (tertiary/aromatic N) is 1. The maximum atomic E-state index is 12.3. The van der Waals surface area contributed by atoms with Crippen molar-refractivity contribution < 1.29 is 9.90 Å². The zero-order valence-electron chi connectivity index (χ0n) is 9.80. The molecule has 1 aliphatic rings. The molecule has 17 heavy (non-hydrogen) atoms. The fourth-order valence-electron chi connectivity index (χ4n) is 1.94. The van der Waals surface area contributed by atoms with Crippen molar-refractivity contribution in [2.45, 2.75) is 25.4 Å². The maximum absolute atomic E-state index is 12.3. The van der Waals surface area contributed by atoms with Crippen LogP contribution in [0.1, 0.15) is 28.8 Å². The van der Waals surface area contributed by atoms with Crippen molar-refractivity contribution in [3.05, 3.63) is 35.4 Å². The van der Waals surface area contributed by atoms with Crippen LogP contribution < -0.4 is 5.73 Å². The van der Waals surface area contributed by atoms with Crippen molar-refractivity contribution in [3.8, 4) is 0 Å². The Labute approximate surface area is 101 Å². The van der Waals surface area contributed by atoms with Gasteiger partial charge < -0.3 is 15.7 Å². The van der Waals surface area contributed by atoms with Crippen LogP contribution in [0, 0.1) is 0 Å². The summed E-state index contributed by atoms with van der Waals surface area (Å²) in [5, 5.41) is 9.00. The summed E-state index contributed by atoms with van der Waals surface area (Å²) in [6.07, 6.45) is 2.09. The second kappa shape index (κ2) is 5.29. The highest BCUT2D eigenvalue weighted by Crippen LogP contribution is 2.28. The number of rotatable bonds is 5. The number of carbonyl (C=O) groups is 1. The number of carbonyl (C=O) groups excluding carboxylic acids is 1. The largest absolute Gasteiger partial charge is 0.395 e. The van der Waals surface area contributed by atoms with Crippen LogP contribution in [0.15, 0.2) is 24.3 Å². The third-order valence-electron chi connectivity index (χ3n) is 3.00. The zero-order valence-corrected chi connectivity index (χ0v) is 9.80. The van der Waals surface area contributed by atoms with Gasteiger partial charge in [0.2, 0.25) is 0 Å². The lowest BCUT2D eigenvalue weighted by Crippen LogP contribution is -2.35. The Kier molecular flexibility index (Phi) is 3.76. The lowest BCUT2D eigenvalue weighted by Gasteiger charge is -2.21. The molecule has 0 saturated heterocycles. The second-order valence-corrected chi connectivity index (χ2v) is 4.36. The molecule has 1 amide bonds. The molecular weight excluding hydrogens is 216 g/mol. The van der Waals surface area contributed by atoms with E-state index in [4.69, 9.17) is 10.8 Å². The van der Waals surface area contributed by atoms with E-state index in [1.54, 1.807) is 11.0 Å². The van der Waals surface area contributed by atoms with Gasteiger partial charge in [0, 0.05) is 24.7 Å². The molecule has 0 unspecified atom stereocenters. The minimum atomic E-state index is -0.00292. The molecule has 3 N–H and O–H groups in total. The highest BCUT2D eigenvalue weighted by atomic mass is 16.3. The third-order valence-corrected chi connectivity index (χ3v) is 3.00. The standard InChI is InChI=1S/C13H18N2O2/c14-9-10-2-1-3-11(8-10)13(17)15(6-7-16)12-4-5-12/h1-3,8,12,16H,4-7,9,14H2. The van der Waals surface area contributed by atoms with Crippen LogP contribution in [0.2, 0.25) is 0 Å². The molecule has 0 aliphatic heterocycles. The van der Waals surface area contributed by atoms with E-state index >= 15 is 0 Å². The number of aliphatic hydroxyl groups is 1. The summed E-state index contributed by atoms with van der Waals surface area (Å²) in [4.78, 5) is 14.0. The summed E-state index contributed by atoms with van der Waals surface area (Å²) in [6.45, 7) is 0.861. The lowest BCUT2D eigenvalue weighted by atomic mass is 10.1. The number of aliphatic hydroxyl groups excluding tert-OH is 1. The zero-order chi connectivity index (χ0) is 12.3. The number of benzene rings is 1. The molecule has 1 aliphatic carbocycles. The molecule has 4 nitrogen and oxygen atoms in total. The monoisotopic (exact) mass is 234 g/mol. The Balaban J connectivity index is 2.15. The van der Waals surface area contributed by atoms with Crippen molar-refractivity contribution in [1.82, 2.24) is 4.90 Å². The van der Waals surface area contributed by atoms with Crippen molar-refractivity contribution in [2.24, 2.45) is 5.73 Å². The van der Waals surface area contributed by atoms with Gasteiger partial charge in [-0.15, -0.1) is 0 Å². The molecule has 4 heteroatoms. The van der Waals surface area contributed by atoms with Crippen molar-refractivity contribution in [3.63, 3.8) is 0 Å². The van der Waals surface area contributed by atoms with E-state index in [-0.39, 0.29) is 12.5 Å². The first kappa shape index (κ1) is 12.1. The van der Waals surface area contributed by atoms with E-state index in [0.717, 1.165) is 18.4 Å². The van der Waals surface area contributed by atoms with Crippen molar-refractivity contribution in [2.75, 3.05) is 13.2 Å². The van der Waals surface area contributed by atoms with Gasteiger partial charge in [-0.25, -0.2) is 0 Å². The van der Waals surface area contributed by atoms with Crippen LogP contribution in [0.5, 0.6) is 0 Å². The molecular formula is C13H18N2O2. The molecule has 1 aromatic carbocycles. The van der Waals surface area contributed by atoms with E-state index in [2.05, 4.69) is 0 Å². The van der Waals surface area contributed by atoms with Gasteiger partial charge >= 0.3 is 0 Å². The van der Waals surface area contributed by atoms with Crippen LogP contribution in [0.25, 0.3) is 0 Å². The SMILES string of the molecule is NCc1cccc(C(=O)N(CCO)C2CC2)c1. The van der Waals surface area contributed by atoms with Gasteiger partial charge in [-0.05, 0) is 30.5 Å². The number of hydrogen-bond donors (Lipinski definition) is 2. The quantitative estimate of drug-likeness (QED) is 0.789. The van der Waals surface area contributed by atoms with Crippen LogP contribution in [0.3, 0.4) is 0 Å². The number of amides is 1. The molecule has 1 aromatic rings. The van der Waals surface area contributed by atoms with E-state index in [1.807, 2.05) is 18.2 Å². The Morgan fingerprint density at radius 2 is 2.24 bits per heavy atom. The van der Waals surface area contributed by atoms with Gasteiger partial charge in [-0.3, -0.25) is 4.79 Å². The van der Waals surface area contributed by atoms with Crippen LogP contribution in [-0.4, -0.2) is 35.1 Å². The summed E-state index contributed by atoms with van der Waals surface area (Å²) < 4.78 is 0. The first-order valence-electron chi connectivity index (χ1n) is 5.97. The maximum Gasteiger partial charge on any atom is 0.254 e. The summed E-state index contributed by atoms with van der Waals surface area (Å²) in [7, 11) is 0. The Morgan fingerprint density at radius 3 is 2.82 bits per heavy atom. The summed E-state index contributed by atoms with van der Waals surface area (Å²) >= 11 is 0. The van der Waals surface area contributed by atoms with Gasteiger partial charge in [0.15, 0.2) is 0 Å². The molecule has 0 bridgehead atoms. The fraction of sp³-hybridized carbons (Fsp3) is 0.462. The smallest absolute Gasteiger partial charge is 0.254 e. The molecule has 1 saturated carbocycles. The summed E-state index contributed by atoms with van der Waals surface area (Å²) in [6, 6.07) is 7.70. The Bertz CT molecular complexity index is 402. The van der Waals surface area contributed by atoms with E-state index in [9.17, 15) is 4.79 Å². The molecule has 1 fully saturated rings. The second-order valence-electron chi connectivity index (χ2n) is 4.36. The van der Waals surface area contributed by atoms with E-state index < -0.39 is 0 Å². The van der Waals surface area contributed by atoms with Crippen LogP contribution in [0.4, 0.5) is 0 Å². The third kappa shape index (κ3) is 2.84. The van der Waals surface area contributed by atoms with Gasteiger partial charge in [-0.1, -0.05) is 12.1 Å².